The number of amides is 1. The molecule has 1 aromatic heterocycles. The van der Waals surface area contributed by atoms with Crippen molar-refractivity contribution in [3.8, 4) is 17.1 Å². The Hall–Kier alpha value is -3.21. The number of hydrogen-bond acceptors (Lipinski definition) is 9. The van der Waals surface area contributed by atoms with E-state index in [-0.39, 0.29) is 23.7 Å². The molecule has 3 fully saturated rings. The molecule has 220 valence electrons. The van der Waals surface area contributed by atoms with E-state index in [1.165, 1.54) is 6.92 Å². The van der Waals surface area contributed by atoms with E-state index in [0.717, 1.165) is 56.8 Å². The number of Topliss-reactive ketones (excluding diaryl/α,β-unsaturated/α-hetero) is 1. The Bertz CT molecular complexity index is 1370. The van der Waals surface area contributed by atoms with Crippen molar-refractivity contribution in [2.24, 2.45) is 17.1 Å². The van der Waals surface area contributed by atoms with Crippen LogP contribution in [-0.2, 0) is 9.59 Å². The van der Waals surface area contributed by atoms with Gasteiger partial charge >= 0.3 is 0 Å². The van der Waals surface area contributed by atoms with Gasteiger partial charge in [0.2, 0.25) is 5.91 Å². The smallest absolute Gasteiger partial charge is 0.225 e. The molecule has 1 amide bonds. The van der Waals surface area contributed by atoms with Crippen LogP contribution in [0.1, 0.15) is 44.4 Å². The fourth-order valence-electron chi connectivity index (χ4n) is 6.19. The molecule has 11 heteroatoms. The van der Waals surface area contributed by atoms with Gasteiger partial charge in [-0.2, -0.15) is 0 Å². The lowest BCUT2D eigenvalue weighted by Gasteiger charge is -2.60. The van der Waals surface area contributed by atoms with E-state index in [1.54, 1.807) is 32.2 Å². The number of ether oxygens (including phenoxy) is 1. The summed E-state index contributed by atoms with van der Waals surface area (Å²) in [5.74, 6) is 1.83. The van der Waals surface area contributed by atoms with Crippen LogP contribution in [0.5, 0.6) is 5.75 Å². The van der Waals surface area contributed by atoms with Crippen molar-refractivity contribution >= 4 is 34.7 Å². The van der Waals surface area contributed by atoms with Gasteiger partial charge in [-0.15, -0.1) is 0 Å². The van der Waals surface area contributed by atoms with Gasteiger partial charge in [0.15, 0.2) is 11.6 Å². The third kappa shape index (κ3) is 5.78. The number of nitrogens with one attached hydrogen (secondary N) is 1. The summed E-state index contributed by atoms with van der Waals surface area (Å²) in [6.07, 6.45) is 2.22. The lowest BCUT2D eigenvalue weighted by atomic mass is 9.57. The third-order valence-corrected chi connectivity index (χ3v) is 8.72. The Kier molecular flexibility index (Phi) is 8.27. The van der Waals surface area contributed by atoms with Gasteiger partial charge in [-0.25, -0.2) is 9.97 Å². The van der Waals surface area contributed by atoms with Crippen LogP contribution in [-0.4, -0.2) is 84.1 Å². The van der Waals surface area contributed by atoms with Crippen LogP contribution in [0.4, 0.5) is 5.82 Å². The molecule has 0 unspecified atom stereocenters. The lowest BCUT2D eigenvalue weighted by Crippen LogP contribution is -2.65. The van der Waals surface area contributed by atoms with Crippen LogP contribution in [0.15, 0.2) is 23.9 Å². The maximum Gasteiger partial charge on any atom is 0.225 e. The second kappa shape index (κ2) is 11.6. The molecular formula is C30H39ClN6O4. The number of rotatable bonds is 10. The van der Waals surface area contributed by atoms with Crippen LogP contribution < -0.4 is 20.7 Å². The number of hydrogen-bond donors (Lipinski definition) is 3. The predicted molar refractivity (Wildman–Crippen MR) is 159 cm³/mol. The number of likely N-dealkylation sites (tertiary alicyclic amines) is 1. The Morgan fingerprint density at radius 2 is 1.95 bits per heavy atom. The first kappa shape index (κ1) is 29.3. The Balaban J connectivity index is 1.45. The zero-order chi connectivity index (χ0) is 29.5. The van der Waals surface area contributed by atoms with Crippen molar-refractivity contribution in [1.82, 2.24) is 20.2 Å². The summed E-state index contributed by atoms with van der Waals surface area (Å²) in [5.41, 5.74) is 8.82. The molecule has 1 atom stereocenters. The number of halogens is 1. The van der Waals surface area contributed by atoms with E-state index < -0.39 is 6.10 Å². The Morgan fingerprint density at radius 1 is 1.24 bits per heavy atom. The molecular weight excluding hydrogens is 544 g/mol. The highest BCUT2D eigenvalue weighted by molar-refractivity contribution is 6.33. The van der Waals surface area contributed by atoms with Crippen molar-refractivity contribution < 1.29 is 19.4 Å². The third-order valence-electron chi connectivity index (χ3n) is 8.39. The van der Waals surface area contributed by atoms with Crippen LogP contribution in [0, 0.1) is 18.3 Å². The number of ketones is 1. The van der Waals surface area contributed by atoms with Crippen molar-refractivity contribution in [2.45, 2.75) is 46.1 Å². The number of likely N-dealkylation sites (N-methyl/N-ethyl adjacent to an activating group) is 1. The van der Waals surface area contributed by atoms with E-state index >= 15 is 0 Å². The van der Waals surface area contributed by atoms with E-state index in [1.807, 2.05) is 11.8 Å². The highest BCUT2D eigenvalue weighted by Gasteiger charge is 2.55. The first-order valence-corrected chi connectivity index (χ1v) is 14.5. The zero-order valence-electron chi connectivity index (χ0n) is 24.2. The monoisotopic (exact) mass is 582 g/mol. The SMILES string of the molecule is CNC[C@@H](O)COc1ccc(Cl)c(-c2nc(C(C(C)=O)=C(C)N)c(C)c(N3CC4(CC(C(=O)N5CCC5)C4)C3)n2)c1. The van der Waals surface area contributed by atoms with Crippen LogP contribution in [0.25, 0.3) is 17.0 Å². The number of carbonyl (C=O) groups is 2. The van der Waals surface area contributed by atoms with E-state index in [2.05, 4.69) is 10.2 Å². The van der Waals surface area contributed by atoms with Gasteiger partial charge in [0, 0.05) is 60.9 Å². The summed E-state index contributed by atoms with van der Waals surface area (Å²) < 4.78 is 5.80. The molecule has 2 saturated heterocycles. The molecule has 2 aromatic rings. The average Bonchev–Trinajstić information content (AvgIpc) is 2.82. The molecule has 0 bridgehead atoms. The molecule has 5 rings (SSSR count). The van der Waals surface area contributed by atoms with Crippen molar-refractivity contribution in [1.29, 1.82) is 0 Å². The van der Waals surface area contributed by atoms with Crippen LogP contribution >= 0.6 is 11.6 Å². The molecule has 1 aromatic carbocycles. The molecule has 3 heterocycles. The Labute approximate surface area is 245 Å². The maximum atomic E-state index is 12.7. The molecule has 1 spiro atoms. The van der Waals surface area contributed by atoms with Crippen LogP contribution in [0.3, 0.4) is 0 Å². The molecule has 3 aliphatic rings. The van der Waals surface area contributed by atoms with Gasteiger partial charge in [0.1, 0.15) is 24.3 Å². The predicted octanol–water partition coefficient (Wildman–Crippen LogP) is 2.79. The fourth-order valence-corrected chi connectivity index (χ4v) is 6.39. The van der Waals surface area contributed by atoms with Gasteiger partial charge in [-0.1, -0.05) is 11.6 Å². The van der Waals surface area contributed by atoms with Crippen molar-refractivity contribution in [2.75, 3.05) is 51.3 Å². The minimum absolute atomic E-state index is 0.105. The summed E-state index contributed by atoms with van der Waals surface area (Å²) in [4.78, 5) is 39.3. The van der Waals surface area contributed by atoms with E-state index in [9.17, 15) is 14.7 Å². The topological polar surface area (TPSA) is 134 Å². The fraction of sp³-hybridized carbons (Fsp3) is 0.533. The molecule has 10 nitrogen and oxygen atoms in total. The van der Waals surface area contributed by atoms with Gasteiger partial charge in [-0.05, 0) is 65.3 Å². The van der Waals surface area contributed by atoms with Crippen LogP contribution in [0.2, 0.25) is 5.02 Å². The van der Waals surface area contributed by atoms with E-state index in [0.29, 0.717) is 51.6 Å². The zero-order valence-corrected chi connectivity index (χ0v) is 24.9. The number of carbonyl (C=O) groups excluding carboxylic acids is 2. The largest absolute Gasteiger partial charge is 0.491 e. The summed E-state index contributed by atoms with van der Waals surface area (Å²) in [6, 6.07) is 5.18. The molecule has 0 radical (unpaired) electrons. The number of anilines is 1. The number of nitrogens with two attached hydrogens (primary N) is 1. The lowest BCUT2D eigenvalue weighted by molar-refractivity contribution is -0.148. The second-order valence-corrected chi connectivity index (χ2v) is 12.2. The number of aromatic nitrogens is 2. The van der Waals surface area contributed by atoms with Gasteiger partial charge < -0.3 is 30.7 Å². The molecule has 1 aliphatic carbocycles. The highest BCUT2D eigenvalue weighted by Crippen LogP contribution is 2.54. The number of aliphatic hydroxyl groups excluding tert-OH is 1. The standard InChI is InChI=1S/C30H39ClN6O4/c1-17-26(25(18(2)32)19(3)38)34-27(23-10-22(6-7-24(23)31)41-14-21(39)13-33-4)35-28(17)37-15-30(16-37)11-20(12-30)29(40)36-8-5-9-36/h6-7,10,20-21,33,39H,5,8-9,11-16,32H2,1-4H3/t21-/m1/s1. The molecule has 4 N–H and O–H groups in total. The Morgan fingerprint density at radius 3 is 2.54 bits per heavy atom. The number of allylic oxidation sites excluding steroid dienone is 2. The highest BCUT2D eigenvalue weighted by atomic mass is 35.5. The van der Waals surface area contributed by atoms with E-state index in [4.69, 9.17) is 32.0 Å². The number of aliphatic hydroxyl groups is 1. The summed E-state index contributed by atoms with van der Waals surface area (Å²) in [7, 11) is 1.76. The van der Waals surface area contributed by atoms with Gasteiger partial charge in [0.05, 0.1) is 16.3 Å². The maximum absolute atomic E-state index is 12.7. The average molecular weight is 583 g/mol. The summed E-state index contributed by atoms with van der Waals surface area (Å²) in [5, 5.41) is 13.4. The number of nitrogens with zero attached hydrogens (tertiary/aromatic N) is 4. The first-order valence-electron chi connectivity index (χ1n) is 14.2. The van der Waals surface area contributed by atoms with Gasteiger partial charge in [-0.3, -0.25) is 9.59 Å². The van der Waals surface area contributed by atoms with Crippen molar-refractivity contribution in [3.63, 3.8) is 0 Å². The molecule has 41 heavy (non-hydrogen) atoms. The van der Waals surface area contributed by atoms with Gasteiger partial charge in [0.25, 0.3) is 0 Å². The summed E-state index contributed by atoms with van der Waals surface area (Å²) in [6.45, 7) is 8.93. The first-order chi connectivity index (χ1) is 19.5. The molecule has 1 saturated carbocycles. The quantitative estimate of drug-likeness (QED) is 0.361. The van der Waals surface area contributed by atoms with Crippen molar-refractivity contribution in [3.05, 3.63) is 40.2 Å². The normalized spacial score (nSPS) is 19.2. The number of benzene rings is 1. The second-order valence-electron chi connectivity index (χ2n) is 11.8. The minimum Gasteiger partial charge on any atom is -0.491 e. The summed E-state index contributed by atoms with van der Waals surface area (Å²) >= 11 is 6.64. The minimum atomic E-state index is -0.671. The molecule has 2 aliphatic heterocycles.